The zero-order valence-electron chi connectivity index (χ0n) is 14.4. The number of ketones is 1. The molecule has 0 atom stereocenters. The van der Waals surface area contributed by atoms with Gasteiger partial charge in [0.05, 0.1) is 5.69 Å². The summed E-state index contributed by atoms with van der Waals surface area (Å²) in [6, 6.07) is 4.98. The van der Waals surface area contributed by atoms with Crippen molar-refractivity contribution in [1.82, 2.24) is 5.32 Å². The van der Waals surface area contributed by atoms with Crippen molar-refractivity contribution >= 4 is 23.3 Å². The lowest BCUT2D eigenvalue weighted by atomic mass is 10.1. The minimum atomic E-state index is -0.289. The Kier molecular flexibility index (Phi) is 5.95. The van der Waals surface area contributed by atoms with Crippen molar-refractivity contribution in [2.75, 3.05) is 24.6 Å². The second-order valence-electron chi connectivity index (χ2n) is 6.26. The summed E-state index contributed by atoms with van der Waals surface area (Å²) < 4.78 is 5.39. The fourth-order valence-electron chi connectivity index (χ4n) is 2.45. The van der Waals surface area contributed by atoms with Crippen LogP contribution in [-0.4, -0.2) is 37.3 Å². The smallest absolute Gasteiger partial charge is 0.265 e. The van der Waals surface area contributed by atoms with Crippen LogP contribution >= 0.6 is 0 Å². The van der Waals surface area contributed by atoms with E-state index in [1.54, 1.807) is 25.1 Å². The Morgan fingerprint density at radius 2 is 2.08 bits per heavy atom. The topological polar surface area (TPSA) is 75.7 Å². The molecule has 0 saturated heterocycles. The number of anilines is 1. The van der Waals surface area contributed by atoms with Gasteiger partial charge in [0.15, 0.2) is 12.4 Å². The minimum absolute atomic E-state index is 0.0165. The van der Waals surface area contributed by atoms with Gasteiger partial charge in [-0.25, -0.2) is 0 Å². The van der Waals surface area contributed by atoms with Crippen LogP contribution in [0.15, 0.2) is 18.2 Å². The lowest BCUT2D eigenvalue weighted by molar-refractivity contribution is -0.125. The van der Waals surface area contributed by atoms with Crippen LogP contribution in [0.5, 0.6) is 5.75 Å². The Morgan fingerprint density at radius 3 is 2.75 bits per heavy atom. The zero-order chi connectivity index (χ0) is 17.7. The van der Waals surface area contributed by atoms with E-state index in [2.05, 4.69) is 19.2 Å². The predicted octanol–water partition coefficient (Wildman–Crippen LogP) is 2.17. The van der Waals surface area contributed by atoms with Crippen molar-refractivity contribution in [2.45, 2.75) is 33.6 Å². The molecule has 1 aromatic carbocycles. The molecule has 0 bridgehead atoms. The Hall–Kier alpha value is -2.37. The number of benzene rings is 1. The summed E-state index contributed by atoms with van der Waals surface area (Å²) in [5.74, 6) is 0.486. The third-order valence-corrected chi connectivity index (χ3v) is 3.89. The van der Waals surface area contributed by atoms with Crippen LogP contribution in [0.3, 0.4) is 0 Å². The van der Waals surface area contributed by atoms with E-state index in [9.17, 15) is 14.4 Å². The molecule has 0 fully saturated rings. The highest BCUT2D eigenvalue weighted by Gasteiger charge is 2.28. The van der Waals surface area contributed by atoms with Crippen molar-refractivity contribution in [3.63, 3.8) is 0 Å². The van der Waals surface area contributed by atoms with Crippen LogP contribution < -0.4 is 15.0 Å². The Bertz CT molecular complexity index is 640. The van der Waals surface area contributed by atoms with Gasteiger partial charge in [-0.3, -0.25) is 19.3 Å². The molecule has 6 nitrogen and oxygen atoms in total. The van der Waals surface area contributed by atoms with Crippen LogP contribution in [0.4, 0.5) is 5.69 Å². The monoisotopic (exact) mass is 332 g/mol. The SMILES string of the molecule is CCC(=O)c1ccc2c(c1)N(CC(=O)NCCC(C)C)C(=O)CO2. The quantitative estimate of drug-likeness (QED) is 0.777. The molecule has 24 heavy (non-hydrogen) atoms. The molecule has 2 amide bonds. The molecular weight excluding hydrogens is 308 g/mol. The summed E-state index contributed by atoms with van der Waals surface area (Å²) in [6.45, 7) is 6.35. The normalized spacial score (nSPS) is 13.5. The van der Waals surface area contributed by atoms with Gasteiger partial charge in [-0.2, -0.15) is 0 Å². The van der Waals surface area contributed by atoms with E-state index in [0.717, 1.165) is 6.42 Å². The number of ether oxygens (including phenoxy) is 1. The molecule has 1 heterocycles. The number of hydrogen-bond acceptors (Lipinski definition) is 4. The second-order valence-corrected chi connectivity index (χ2v) is 6.26. The van der Waals surface area contributed by atoms with E-state index < -0.39 is 0 Å². The second kappa shape index (κ2) is 7.95. The molecule has 1 aliphatic heterocycles. The summed E-state index contributed by atoms with van der Waals surface area (Å²) >= 11 is 0. The van der Waals surface area contributed by atoms with Gasteiger partial charge in [-0.05, 0) is 30.5 Å². The number of carbonyl (C=O) groups excluding carboxylic acids is 3. The maximum atomic E-state index is 12.2. The third-order valence-electron chi connectivity index (χ3n) is 3.89. The van der Waals surface area contributed by atoms with E-state index in [4.69, 9.17) is 4.74 Å². The van der Waals surface area contributed by atoms with Crippen molar-refractivity contribution < 1.29 is 19.1 Å². The van der Waals surface area contributed by atoms with E-state index >= 15 is 0 Å². The summed E-state index contributed by atoms with van der Waals surface area (Å²) in [7, 11) is 0. The molecule has 0 saturated carbocycles. The zero-order valence-corrected chi connectivity index (χ0v) is 14.4. The van der Waals surface area contributed by atoms with Gasteiger partial charge < -0.3 is 10.1 Å². The maximum Gasteiger partial charge on any atom is 0.265 e. The lowest BCUT2D eigenvalue weighted by Crippen LogP contribution is -2.45. The number of hydrogen-bond donors (Lipinski definition) is 1. The fraction of sp³-hybridized carbons (Fsp3) is 0.500. The number of rotatable bonds is 7. The van der Waals surface area contributed by atoms with Gasteiger partial charge in [-0.1, -0.05) is 20.8 Å². The molecule has 6 heteroatoms. The molecule has 1 aliphatic rings. The number of amides is 2. The standard InChI is InChI=1S/C18H24N2O4/c1-4-15(21)13-5-6-16-14(9-13)20(18(23)11-24-16)10-17(22)19-8-7-12(2)3/h5-6,9,12H,4,7-8,10-11H2,1-3H3,(H,19,22). The summed E-state index contributed by atoms with van der Waals surface area (Å²) in [6.07, 6.45) is 1.26. The Balaban J connectivity index is 2.14. The first-order valence-electron chi connectivity index (χ1n) is 8.29. The lowest BCUT2D eigenvalue weighted by Gasteiger charge is -2.29. The van der Waals surface area contributed by atoms with Crippen molar-refractivity contribution in [2.24, 2.45) is 5.92 Å². The third kappa shape index (κ3) is 4.34. The number of nitrogens with one attached hydrogen (secondary N) is 1. The van der Waals surface area contributed by atoms with E-state index in [0.29, 0.717) is 35.9 Å². The molecule has 0 aromatic heterocycles. The summed E-state index contributed by atoms with van der Waals surface area (Å²) in [5.41, 5.74) is 0.990. The van der Waals surface area contributed by atoms with E-state index in [-0.39, 0.29) is 30.7 Å². The Morgan fingerprint density at radius 1 is 1.33 bits per heavy atom. The Labute approximate surface area is 142 Å². The minimum Gasteiger partial charge on any atom is -0.482 e. The summed E-state index contributed by atoms with van der Waals surface area (Å²) in [5, 5.41) is 2.82. The number of Topliss-reactive ketones (excluding diaryl/α,β-unsaturated/α-hetero) is 1. The van der Waals surface area contributed by atoms with Crippen LogP contribution in [0, 0.1) is 5.92 Å². The largest absolute Gasteiger partial charge is 0.482 e. The molecule has 0 radical (unpaired) electrons. The number of nitrogens with zero attached hydrogens (tertiary/aromatic N) is 1. The molecule has 2 rings (SSSR count). The van der Waals surface area contributed by atoms with Gasteiger partial charge in [0.2, 0.25) is 5.91 Å². The average Bonchev–Trinajstić information content (AvgIpc) is 2.56. The molecule has 130 valence electrons. The highest BCUT2D eigenvalue weighted by Crippen LogP contribution is 2.33. The number of fused-ring (bicyclic) bond motifs is 1. The highest BCUT2D eigenvalue weighted by atomic mass is 16.5. The van der Waals surface area contributed by atoms with Crippen molar-refractivity contribution in [1.29, 1.82) is 0 Å². The van der Waals surface area contributed by atoms with Crippen LogP contribution in [0.1, 0.15) is 44.0 Å². The van der Waals surface area contributed by atoms with E-state index in [1.165, 1.54) is 4.90 Å². The number of carbonyl (C=O) groups is 3. The highest BCUT2D eigenvalue weighted by molar-refractivity contribution is 6.04. The molecule has 1 aromatic rings. The molecule has 0 aliphatic carbocycles. The average molecular weight is 332 g/mol. The predicted molar refractivity (Wildman–Crippen MR) is 91.4 cm³/mol. The van der Waals surface area contributed by atoms with Crippen molar-refractivity contribution in [3.05, 3.63) is 23.8 Å². The van der Waals surface area contributed by atoms with Crippen LogP contribution in [-0.2, 0) is 9.59 Å². The van der Waals surface area contributed by atoms with Crippen LogP contribution in [0.2, 0.25) is 0 Å². The summed E-state index contributed by atoms with van der Waals surface area (Å²) in [4.78, 5) is 37.5. The molecule has 0 unspecified atom stereocenters. The van der Waals surface area contributed by atoms with Gasteiger partial charge in [-0.15, -0.1) is 0 Å². The molecule has 0 spiro atoms. The van der Waals surface area contributed by atoms with Gasteiger partial charge in [0.25, 0.3) is 5.91 Å². The van der Waals surface area contributed by atoms with Gasteiger partial charge >= 0.3 is 0 Å². The van der Waals surface area contributed by atoms with Gasteiger partial charge in [0, 0.05) is 18.5 Å². The first-order chi connectivity index (χ1) is 11.4. The first kappa shape index (κ1) is 18.0. The molecule has 1 N–H and O–H groups in total. The van der Waals surface area contributed by atoms with Gasteiger partial charge in [0.1, 0.15) is 12.3 Å². The molecular formula is C18H24N2O4. The van der Waals surface area contributed by atoms with Crippen molar-refractivity contribution in [3.8, 4) is 5.75 Å². The van der Waals surface area contributed by atoms with Crippen LogP contribution in [0.25, 0.3) is 0 Å². The maximum absolute atomic E-state index is 12.2. The first-order valence-corrected chi connectivity index (χ1v) is 8.29. The fourth-order valence-corrected chi connectivity index (χ4v) is 2.45. The van der Waals surface area contributed by atoms with E-state index in [1.807, 2.05) is 0 Å².